The molecule has 4 aliphatic rings. The van der Waals surface area contributed by atoms with Crippen LogP contribution in [0.15, 0.2) is 65.2 Å². The van der Waals surface area contributed by atoms with Gasteiger partial charge in [-0.1, -0.05) is 42.8 Å². The molecule has 12 heteroatoms. The molecule has 2 aliphatic carbocycles. The normalized spacial score (nSPS) is 29.0. The number of nitrogens with one attached hydrogen (secondary N) is 1. The lowest BCUT2D eigenvalue weighted by Crippen LogP contribution is -2.49. The van der Waals surface area contributed by atoms with Gasteiger partial charge in [0.2, 0.25) is 0 Å². The zero-order valence-electron chi connectivity index (χ0n) is 31.3. The van der Waals surface area contributed by atoms with Crippen molar-refractivity contribution in [2.24, 2.45) is 29.2 Å². The number of nitrogens with zero attached hydrogens (tertiary/aromatic N) is 3. The second-order valence-electron chi connectivity index (χ2n) is 15.5. The average Bonchev–Trinajstić information content (AvgIpc) is 3.44. The monoisotopic (exact) mass is 742 g/mol. The van der Waals surface area contributed by atoms with Gasteiger partial charge in [-0.2, -0.15) is 0 Å². The lowest BCUT2D eigenvalue weighted by Gasteiger charge is -2.46. The first-order valence-corrected chi connectivity index (χ1v) is 20.3. The third kappa shape index (κ3) is 7.40. The number of benzene rings is 2. The number of esters is 1. The SMILES string of the molecule is COC(=O)c1cc(C(=O)NS2(=O)=NC(=O)c3ccc4c(c3)N(C[C@@H]3CC[C@H]3[C@@H](OC)/C=C/C[C@H](C)C2)C[C@@]2(CCCc3cc(C)ccc32)CO4)cn1C. The van der Waals surface area contributed by atoms with E-state index in [4.69, 9.17) is 14.2 Å². The number of allylic oxidation sites excluding steroid dienone is 1. The van der Waals surface area contributed by atoms with Gasteiger partial charge in [-0.25, -0.2) is 9.00 Å². The van der Waals surface area contributed by atoms with Gasteiger partial charge in [0.25, 0.3) is 11.8 Å². The first-order valence-electron chi connectivity index (χ1n) is 18.6. The molecular weight excluding hydrogens is 693 g/mol. The number of aromatic nitrogens is 1. The quantitative estimate of drug-likeness (QED) is 0.248. The van der Waals surface area contributed by atoms with Crippen LogP contribution >= 0.6 is 0 Å². The van der Waals surface area contributed by atoms with Crippen LogP contribution in [0.1, 0.15) is 86.9 Å². The smallest absolute Gasteiger partial charge is 0.354 e. The summed E-state index contributed by atoms with van der Waals surface area (Å²) in [6.07, 6.45) is 11.3. The number of amides is 2. The van der Waals surface area contributed by atoms with Crippen LogP contribution in [0.4, 0.5) is 5.69 Å². The predicted octanol–water partition coefficient (Wildman–Crippen LogP) is 6.18. The van der Waals surface area contributed by atoms with Gasteiger partial charge in [-0.3, -0.25) is 14.3 Å². The molecule has 2 aromatic carbocycles. The van der Waals surface area contributed by atoms with Gasteiger partial charge in [0, 0.05) is 44.4 Å². The number of hydrogen-bond donors (Lipinski definition) is 1. The molecule has 1 fully saturated rings. The molecule has 7 rings (SSSR count). The molecule has 2 aliphatic heterocycles. The molecule has 2 amide bonds. The maximum atomic E-state index is 14.6. The molecule has 0 radical (unpaired) electrons. The third-order valence-electron chi connectivity index (χ3n) is 11.6. The summed E-state index contributed by atoms with van der Waals surface area (Å²) in [5.74, 6) is -0.855. The number of methoxy groups -OCH3 is 2. The number of fused-ring (bicyclic) bond motifs is 4. The summed E-state index contributed by atoms with van der Waals surface area (Å²) >= 11 is 0. The minimum Gasteiger partial charge on any atom is -0.490 e. The Labute approximate surface area is 312 Å². The second kappa shape index (κ2) is 14.8. The van der Waals surface area contributed by atoms with E-state index in [0.717, 1.165) is 50.9 Å². The van der Waals surface area contributed by atoms with Gasteiger partial charge < -0.3 is 23.7 Å². The molecule has 0 saturated heterocycles. The number of carbonyl (C=O) groups excluding carboxylic acids is 3. The fraction of sp³-hybridized carbons (Fsp3) is 0.488. The summed E-state index contributed by atoms with van der Waals surface area (Å²) in [4.78, 5) is 42.2. The first kappa shape index (κ1) is 36.9. The second-order valence-corrected chi connectivity index (χ2v) is 17.5. The van der Waals surface area contributed by atoms with Crippen LogP contribution in [0.2, 0.25) is 0 Å². The molecule has 1 N–H and O–H groups in total. The Hall–Kier alpha value is -4.42. The highest BCUT2D eigenvalue weighted by Crippen LogP contribution is 2.47. The Morgan fingerprint density at radius 2 is 1.94 bits per heavy atom. The molecule has 1 aromatic heterocycles. The van der Waals surface area contributed by atoms with Crippen molar-refractivity contribution in [3.05, 3.63) is 94.3 Å². The number of ether oxygens (including phenoxy) is 3. The van der Waals surface area contributed by atoms with Crippen LogP contribution in [-0.4, -0.2) is 72.3 Å². The highest BCUT2D eigenvalue weighted by molar-refractivity contribution is 7.92. The maximum absolute atomic E-state index is 14.6. The fourth-order valence-electron chi connectivity index (χ4n) is 8.73. The van der Waals surface area contributed by atoms with Crippen LogP contribution in [-0.2, 0) is 38.3 Å². The summed E-state index contributed by atoms with van der Waals surface area (Å²) in [5, 5.41) is 0. The molecule has 3 heterocycles. The van der Waals surface area contributed by atoms with Gasteiger partial charge in [-0.15, -0.1) is 4.36 Å². The van der Waals surface area contributed by atoms with Gasteiger partial charge >= 0.3 is 5.97 Å². The molecule has 282 valence electrons. The molecule has 2 bridgehead atoms. The Bertz CT molecular complexity index is 2080. The maximum Gasteiger partial charge on any atom is 0.354 e. The van der Waals surface area contributed by atoms with Crippen molar-refractivity contribution in [1.82, 2.24) is 9.29 Å². The topological polar surface area (TPSA) is 129 Å². The van der Waals surface area contributed by atoms with Crippen molar-refractivity contribution in [3.8, 4) is 5.75 Å². The Kier molecular flexibility index (Phi) is 10.3. The molecule has 53 heavy (non-hydrogen) atoms. The number of rotatable bonds is 4. The van der Waals surface area contributed by atoms with Crippen molar-refractivity contribution >= 4 is 33.4 Å². The van der Waals surface area contributed by atoms with E-state index in [1.54, 1.807) is 20.2 Å². The summed E-state index contributed by atoms with van der Waals surface area (Å²) in [5.41, 5.74) is 5.08. The van der Waals surface area contributed by atoms with Gasteiger partial charge in [0.05, 0.1) is 36.8 Å². The Morgan fingerprint density at radius 3 is 2.70 bits per heavy atom. The van der Waals surface area contributed by atoms with Gasteiger partial charge in [-0.05, 0) is 98.6 Å². The number of carbonyl (C=O) groups is 3. The van der Waals surface area contributed by atoms with E-state index in [-0.39, 0.29) is 40.0 Å². The zero-order valence-corrected chi connectivity index (χ0v) is 32.1. The van der Waals surface area contributed by atoms with E-state index in [1.165, 1.54) is 40.6 Å². The van der Waals surface area contributed by atoms with Gasteiger partial charge in [0.1, 0.15) is 21.4 Å². The zero-order chi connectivity index (χ0) is 37.5. The van der Waals surface area contributed by atoms with Crippen LogP contribution in [0, 0.1) is 24.7 Å². The van der Waals surface area contributed by atoms with Crippen molar-refractivity contribution in [1.29, 1.82) is 0 Å². The highest BCUT2D eigenvalue weighted by atomic mass is 32.2. The van der Waals surface area contributed by atoms with Gasteiger partial charge in [0.15, 0.2) is 0 Å². The van der Waals surface area contributed by atoms with E-state index >= 15 is 0 Å². The number of aryl methyl sites for hydroxylation is 3. The average molecular weight is 743 g/mol. The Balaban J connectivity index is 1.29. The number of anilines is 1. The Morgan fingerprint density at radius 1 is 1.11 bits per heavy atom. The highest BCUT2D eigenvalue weighted by Gasteiger charge is 2.44. The molecule has 3 aromatic rings. The molecule has 1 saturated carbocycles. The standard InChI is InChI=1S/C41H50N4O7S/c1-26-11-15-33-28(18-26)9-7-17-41(33)24-45-22-30-12-14-32(30)36(50-4)10-6-8-27(2)23-53(49,42-38(46)29-13-16-37(52-25-41)34(45)19-29)43-39(47)31-20-35(40(48)51-5)44(3)21-31/h6,10-11,13,15-16,18-21,27,30,32,36H,7-9,12,14,17,22-25H2,1-5H3,(H,42,43,46,47,49)/b10-6+/t27-,30-,32+,36-,41-,53?/m0/s1. The fourth-order valence-corrected chi connectivity index (χ4v) is 10.6. The van der Waals surface area contributed by atoms with Crippen LogP contribution in [0.25, 0.3) is 0 Å². The molecule has 6 atom stereocenters. The first-order chi connectivity index (χ1) is 25.4. The van der Waals surface area contributed by atoms with E-state index in [1.807, 2.05) is 19.1 Å². The molecular formula is C41H50N4O7S. The van der Waals surface area contributed by atoms with E-state index in [9.17, 15) is 18.6 Å². The van der Waals surface area contributed by atoms with Crippen molar-refractivity contribution < 1.29 is 32.8 Å². The summed E-state index contributed by atoms with van der Waals surface area (Å²) < 4.78 is 40.5. The van der Waals surface area contributed by atoms with Crippen molar-refractivity contribution in [2.45, 2.75) is 63.9 Å². The molecule has 1 unspecified atom stereocenters. The van der Waals surface area contributed by atoms with Crippen molar-refractivity contribution in [3.63, 3.8) is 0 Å². The summed E-state index contributed by atoms with van der Waals surface area (Å²) in [7, 11) is 0.991. The van der Waals surface area contributed by atoms with E-state index in [2.05, 4.69) is 51.3 Å². The van der Waals surface area contributed by atoms with Crippen LogP contribution in [0.3, 0.4) is 0 Å². The van der Waals surface area contributed by atoms with E-state index < -0.39 is 27.7 Å². The van der Waals surface area contributed by atoms with E-state index in [0.29, 0.717) is 30.6 Å². The predicted molar refractivity (Wildman–Crippen MR) is 204 cm³/mol. The lowest BCUT2D eigenvalue weighted by atomic mass is 9.68. The molecule has 1 spiro atoms. The van der Waals surface area contributed by atoms with Crippen molar-refractivity contribution in [2.75, 3.05) is 44.6 Å². The minimum absolute atomic E-state index is 0.0587. The molecule has 11 nitrogen and oxygen atoms in total. The number of hydrogen-bond acceptors (Lipinski definition) is 8. The summed E-state index contributed by atoms with van der Waals surface area (Å²) in [6.45, 7) is 6.09. The summed E-state index contributed by atoms with van der Waals surface area (Å²) in [6, 6.07) is 13.5. The third-order valence-corrected chi connectivity index (χ3v) is 13.6. The van der Waals surface area contributed by atoms with Crippen LogP contribution in [0.5, 0.6) is 5.75 Å². The van der Waals surface area contributed by atoms with Crippen LogP contribution < -0.4 is 14.4 Å². The lowest BCUT2D eigenvalue weighted by molar-refractivity contribution is 0.0131. The minimum atomic E-state index is -3.63. The largest absolute Gasteiger partial charge is 0.490 e.